The molecule has 0 saturated carbocycles. The SMILES string of the molecule is O=C(O)C=Cc1cc(C(=O)NCCCc2ncn[nH]2)cs1. The first-order valence-electron chi connectivity index (χ1n) is 6.27. The van der Waals surface area contributed by atoms with Crippen LogP contribution in [0, 0.1) is 0 Å². The number of aromatic amines is 1. The molecular formula is C13H14N4O3S. The van der Waals surface area contributed by atoms with Crippen LogP contribution in [-0.4, -0.2) is 38.7 Å². The van der Waals surface area contributed by atoms with Gasteiger partial charge in [0.15, 0.2) is 0 Å². The monoisotopic (exact) mass is 306 g/mol. The van der Waals surface area contributed by atoms with Crippen molar-refractivity contribution in [2.24, 2.45) is 0 Å². The standard InChI is InChI=1S/C13H14N4O3S/c18-12(19)4-3-10-6-9(7-21-10)13(20)14-5-1-2-11-15-8-16-17-11/h3-4,6-8H,1-2,5H2,(H,14,20)(H,18,19)(H,15,16,17). The van der Waals surface area contributed by atoms with Crippen LogP contribution in [0.15, 0.2) is 23.8 Å². The summed E-state index contributed by atoms with van der Waals surface area (Å²) < 4.78 is 0. The lowest BCUT2D eigenvalue weighted by Gasteiger charge is -2.02. The molecule has 0 radical (unpaired) electrons. The fourth-order valence-corrected chi connectivity index (χ4v) is 2.40. The summed E-state index contributed by atoms with van der Waals surface area (Å²) in [4.78, 5) is 27.0. The van der Waals surface area contributed by atoms with E-state index in [2.05, 4.69) is 20.5 Å². The minimum atomic E-state index is -1.01. The summed E-state index contributed by atoms with van der Waals surface area (Å²) in [5.41, 5.74) is 0.532. The van der Waals surface area contributed by atoms with Crippen molar-refractivity contribution in [3.8, 4) is 0 Å². The number of amides is 1. The summed E-state index contributed by atoms with van der Waals surface area (Å²) in [6.07, 6.45) is 5.44. The molecule has 2 heterocycles. The highest BCUT2D eigenvalue weighted by Gasteiger charge is 2.07. The summed E-state index contributed by atoms with van der Waals surface area (Å²) in [7, 11) is 0. The Morgan fingerprint density at radius 3 is 3.05 bits per heavy atom. The maximum absolute atomic E-state index is 11.9. The van der Waals surface area contributed by atoms with Gasteiger partial charge in [-0.1, -0.05) is 0 Å². The Morgan fingerprint density at radius 2 is 2.33 bits per heavy atom. The Morgan fingerprint density at radius 1 is 1.48 bits per heavy atom. The molecule has 8 heteroatoms. The second kappa shape index (κ2) is 7.34. The molecule has 0 spiro atoms. The number of carbonyl (C=O) groups is 2. The number of aryl methyl sites for hydroxylation is 1. The Balaban J connectivity index is 1.76. The number of nitrogens with one attached hydrogen (secondary N) is 2. The zero-order chi connectivity index (χ0) is 15.1. The number of nitrogens with zero attached hydrogens (tertiary/aromatic N) is 2. The average Bonchev–Trinajstić information content (AvgIpc) is 3.12. The molecule has 0 aromatic carbocycles. The van der Waals surface area contributed by atoms with Gasteiger partial charge in [-0.05, 0) is 18.6 Å². The first kappa shape index (κ1) is 14.9. The lowest BCUT2D eigenvalue weighted by molar-refractivity contribution is -0.131. The van der Waals surface area contributed by atoms with Crippen molar-refractivity contribution in [1.29, 1.82) is 0 Å². The second-order valence-corrected chi connectivity index (χ2v) is 5.14. The summed E-state index contributed by atoms with van der Waals surface area (Å²) in [6.45, 7) is 0.537. The van der Waals surface area contributed by atoms with E-state index in [1.165, 1.54) is 23.7 Å². The van der Waals surface area contributed by atoms with Crippen molar-refractivity contribution in [2.75, 3.05) is 6.54 Å². The molecular weight excluding hydrogens is 292 g/mol. The average molecular weight is 306 g/mol. The summed E-state index contributed by atoms with van der Waals surface area (Å²) in [5, 5.41) is 19.5. The minimum Gasteiger partial charge on any atom is -0.478 e. The van der Waals surface area contributed by atoms with Gasteiger partial charge < -0.3 is 10.4 Å². The van der Waals surface area contributed by atoms with Crippen LogP contribution < -0.4 is 5.32 Å². The summed E-state index contributed by atoms with van der Waals surface area (Å²) >= 11 is 1.32. The van der Waals surface area contributed by atoms with E-state index in [1.54, 1.807) is 11.4 Å². The van der Waals surface area contributed by atoms with Crippen molar-refractivity contribution in [1.82, 2.24) is 20.5 Å². The number of thiophene rings is 1. The van der Waals surface area contributed by atoms with E-state index in [1.807, 2.05) is 0 Å². The van der Waals surface area contributed by atoms with Crippen LogP contribution in [0.4, 0.5) is 0 Å². The number of aromatic nitrogens is 3. The molecule has 21 heavy (non-hydrogen) atoms. The highest BCUT2D eigenvalue weighted by atomic mass is 32.1. The van der Waals surface area contributed by atoms with Crippen molar-refractivity contribution >= 4 is 29.3 Å². The number of carboxylic acids is 1. The second-order valence-electron chi connectivity index (χ2n) is 4.20. The maximum atomic E-state index is 11.9. The van der Waals surface area contributed by atoms with Crippen LogP contribution in [-0.2, 0) is 11.2 Å². The Labute approximate surface area is 124 Å². The van der Waals surface area contributed by atoms with Crippen LogP contribution in [0.1, 0.15) is 27.5 Å². The third-order valence-corrected chi connectivity index (χ3v) is 3.51. The number of hydrogen-bond donors (Lipinski definition) is 3. The molecule has 1 amide bonds. The largest absolute Gasteiger partial charge is 0.478 e. The molecule has 0 saturated heterocycles. The van der Waals surface area contributed by atoms with Crippen LogP contribution in [0.25, 0.3) is 6.08 Å². The summed E-state index contributed by atoms with van der Waals surface area (Å²) in [5.74, 6) is -0.388. The van der Waals surface area contributed by atoms with E-state index >= 15 is 0 Å². The Hall–Kier alpha value is -2.48. The van der Waals surface area contributed by atoms with E-state index in [4.69, 9.17) is 5.11 Å². The predicted molar refractivity (Wildman–Crippen MR) is 78.0 cm³/mol. The Bertz CT molecular complexity index is 634. The van der Waals surface area contributed by atoms with Crippen LogP contribution in [0.2, 0.25) is 0 Å². The van der Waals surface area contributed by atoms with Gasteiger partial charge in [0.2, 0.25) is 0 Å². The van der Waals surface area contributed by atoms with Gasteiger partial charge in [-0.25, -0.2) is 9.78 Å². The molecule has 2 rings (SSSR count). The number of aliphatic carboxylic acids is 1. The molecule has 3 N–H and O–H groups in total. The number of hydrogen-bond acceptors (Lipinski definition) is 5. The number of carbonyl (C=O) groups excluding carboxylic acids is 1. The lowest BCUT2D eigenvalue weighted by Crippen LogP contribution is -2.24. The minimum absolute atomic E-state index is 0.168. The molecule has 0 atom stereocenters. The highest BCUT2D eigenvalue weighted by Crippen LogP contribution is 2.16. The zero-order valence-corrected chi connectivity index (χ0v) is 11.9. The number of carboxylic acid groups (broad SMARTS) is 1. The molecule has 110 valence electrons. The topological polar surface area (TPSA) is 108 Å². The molecule has 7 nitrogen and oxygen atoms in total. The zero-order valence-electron chi connectivity index (χ0n) is 11.1. The van der Waals surface area contributed by atoms with E-state index in [0.29, 0.717) is 12.1 Å². The van der Waals surface area contributed by atoms with Crippen molar-refractivity contribution < 1.29 is 14.7 Å². The van der Waals surface area contributed by atoms with Gasteiger partial charge in [-0.15, -0.1) is 11.3 Å². The van der Waals surface area contributed by atoms with Crippen LogP contribution in [0.5, 0.6) is 0 Å². The molecule has 0 unspecified atom stereocenters. The number of H-pyrrole nitrogens is 1. The molecule has 2 aromatic rings. The van der Waals surface area contributed by atoms with E-state index in [-0.39, 0.29) is 5.91 Å². The quantitative estimate of drug-likeness (QED) is 0.528. The molecule has 0 fully saturated rings. The third-order valence-electron chi connectivity index (χ3n) is 2.61. The molecule has 0 aliphatic heterocycles. The smallest absolute Gasteiger partial charge is 0.328 e. The lowest BCUT2D eigenvalue weighted by atomic mass is 10.2. The summed E-state index contributed by atoms with van der Waals surface area (Å²) in [6, 6.07) is 1.66. The van der Waals surface area contributed by atoms with Gasteiger partial charge in [-0.3, -0.25) is 9.89 Å². The molecule has 0 aliphatic carbocycles. The predicted octanol–water partition coefficient (Wildman–Crippen LogP) is 1.33. The molecule has 2 aromatic heterocycles. The van der Waals surface area contributed by atoms with Gasteiger partial charge in [0, 0.05) is 29.3 Å². The van der Waals surface area contributed by atoms with E-state index < -0.39 is 5.97 Å². The van der Waals surface area contributed by atoms with E-state index in [0.717, 1.165) is 29.6 Å². The fraction of sp³-hybridized carbons (Fsp3) is 0.231. The van der Waals surface area contributed by atoms with Gasteiger partial charge in [0.25, 0.3) is 5.91 Å². The maximum Gasteiger partial charge on any atom is 0.328 e. The van der Waals surface area contributed by atoms with Gasteiger partial charge in [0.05, 0.1) is 5.56 Å². The molecule has 0 aliphatic rings. The normalized spacial score (nSPS) is 10.9. The third kappa shape index (κ3) is 4.84. The van der Waals surface area contributed by atoms with Crippen molar-refractivity contribution in [3.05, 3.63) is 40.1 Å². The van der Waals surface area contributed by atoms with E-state index in [9.17, 15) is 9.59 Å². The van der Waals surface area contributed by atoms with Crippen molar-refractivity contribution in [3.63, 3.8) is 0 Å². The van der Waals surface area contributed by atoms with Gasteiger partial charge in [0.1, 0.15) is 12.2 Å². The number of rotatable bonds is 7. The van der Waals surface area contributed by atoms with Crippen LogP contribution in [0.3, 0.4) is 0 Å². The van der Waals surface area contributed by atoms with Crippen LogP contribution >= 0.6 is 11.3 Å². The highest BCUT2D eigenvalue weighted by molar-refractivity contribution is 7.11. The van der Waals surface area contributed by atoms with Gasteiger partial charge >= 0.3 is 5.97 Å². The van der Waals surface area contributed by atoms with Gasteiger partial charge in [-0.2, -0.15) is 5.10 Å². The fourth-order valence-electron chi connectivity index (χ4n) is 1.62. The first-order valence-corrected chi connectivity index (χ1v) is 7.15. The van der Waals surface area contributed by atoms with Crippen molar-refractivity contribution in [2.45, 2.75) is 12.8 Å². The molecule has 0 bridgehead atoms. The Kier molecular flexibility index (Phi) is 5.22. The first-order chi connectivity index (χ1) is 10.1.